The number of rotatable bonds is 16. The number of hydrogen-bond donors (Lipinski definition) is 4. The van der Waals surface area contributed by atoms with Crippen LogP contribution in [0.25, 0.3) is 0 Å². The lowest BCUT2D eigenvalue weighted by molar-refractivity contribution is -0.135. The molecule has 0 spiro atoms. The summed E-state index contributed by atoms with van der Waals surface area (Å²) in [4.78, 5) is 46.6. The monoisotopic (exact) mass is 667 g/mol. The van der Waals surface area contributed by atoms with Gasteiger partial charge in [-0.2, -0.15) is 0 Å². The van der Waals surface area contributed by atoms with Crippen molar-refractivity contribution < 1.29 is 24.2 Å². The van der Waals surface area contributed by atoms with Gasteiger partial charge in [0.05, 0.1) is 17.2 Å². The fraction of sp³-hybridized carbons (Fsp3) is 0.611. The van der Waals surface area contributed by atoms with E-state index in [-0.39, 0.29) is 18.4 Å². The fourth-order valence-corrected chi connectivity index (χ4v) is 7.29. The molecular formula is C36H53N5O5S. The van der Waals surface area contributed by atoms with E-state index in [9.17, 15) is 19.5 Å². The first-order valence-corrected chi connectivity index (χ1v) is 18.4. The third-order valence-corrected chi connectivity index (χ3v) is 10.2. The van der Waals surface area contributed by atoms with Gasteiger partial charge in [-0.1, -0.05) is 81.8 Å². The second-order valence-corrected chi connectivity index (χ2v) is 14.1. The van der Waals surface area contributed by atoms with Gasteiger partial charge in [0.25, 0.3) is 5.91 Å². The van der Waals surface area contributed by atoms with Crippen LogP contribution in [0.2, 0.25) is 0 Å². The Bertz CT molecular complexity index is 1220. The summed E-state index contributed by atoms with van der Waals surface area (Å²) in [6, 6.07) is 13.9. The first-order chi connectivity index (χ1) is 22.8. The molecule has 2 heterocycles. The van der Waals surface area contributed by atoms with Crippen LogP contribution in [0.1, 0.15) is 83.1 Å². The van der Waals surface area contributed by atoms with Crippen molar-refractivity contribution >= 4 is 29.7 Å². The zero-order valence-corrected chi connectivity index (χ0v) is 28.5. The van der Waals surface area contributed by atoms with Crippen LogP contribution in [0.5, 0.6) is 0 Å². The van der Waals surface area contributed by atoms with E-state index in [1.165, 1.54) is 6.42 Å². The zero-order valence-electron chi connectivity index (χ0n) is 27.7. The van der Waals surface area contributed by atoms with Gasteiger partial charge in [0.2, 0.25) is 5.91 Å². The van der Waals surface area contributed by atoms with Crippen molar-refractivity contribution in [3.63, 3.8) is 0 Å². The van der Waals surface area contributed by atoms with Crippen LogP contribution >= 0.6 is 11.8 Å². The van der Waals surface area contributed by atoms with E-state index in [1.54, 1.807) is 22.9 Å². The van der Waals surface area contributed by atoms with Crippen LogP contribution in [0.3, 0.4) is 0 Å². The number of thioether (sulfide) groups is 1. The Morgan fingerprint density at radius 3 is 2.38 bits per heavy atom. The van der Waals surface area contributed by atoms with Crippen molar-refractivity contribution in [3.8, 4) is 0 Å². The number of piperidine rings is 1. The fourth-order valence-electron chi connectivity index (χ4n) is 6.41. The Morgan fingerprint density at radius 2 is 1.70 bits per heavy atom. The average molecular weight is 668 g/mol. The van der Waals surface area contributed by atoms with Gasteiger partial charge in [-0.05, 0) is 55.7 Å². The summed E-state index contributed by atoms with van der Waals surface area (Å²) in [6.45, 7) is 2.91. The summed E-state index contributed by atoms with van der Waals surface area (Å²) in [5, 5.41) is 18.3. The number of aliphatic hydroxyl groups excluding tert-OH is 1. The molecule has 4 atom stereocenters. The maximum absolute atomic E-state index is 13.8. The molecule has 1 aromatic carbocycles. The van der Waals surface area contributed by atoms with Crippen LogP contribution < -0.4 is 16.4 Å². The van der Waals surface area contributed by atoms with E-state index < -0.39 is 36.3 Å². The third-order valence-electron chi connectivity index (χ3n) is 9.21. The van der Waals surface area contributed by atoms with Crippen molar-refractivity contribution in [2.75, 3.05) is 18.8 Å². The number of carbonyl (C=O) groups is 3. The number of amides is 3. The van der Waals surface area contributed by atoms with Gasteiger partial charge in [-0.25, -0.2) is 9.78 Å². The molecule has 0 unspecified atom stereocenters. The third kappa shape index (κ3) is 12.4. The Hall–Kier alpha value is -3.15. The van der Waals surface area contributed by atoms with E-state index in [0.29, 0.717) is 63.3 Å². The number of hydrogen-bond acceptors (Lipinski definition) is 8. The van der Waals surface area contributed by atoms with Gasteiger partial charge < -0.3 is 31.1 Å². The van der Waals surface area contributed by atoms with Crippen LogP contribution in [-0.2, 0) is 20.7 Å². The van der Waals surface area contributed by atoms with Crippen molar-refractivity contribution in [3.05, 3.63) is 60.3 Å². The van der Waals surface area contributed by atoms with Crippen molar-refractivity contribution in [2.45, 2.75) is 119 Å². The van der Waals surface area contributed by atoms with E-state index >= 15 is 0 Å². The molecule has 2 fully saturated rings. The number of pyridine rings is 1. The molecule has 1 aliphatic heterocycles. The highest BCUT2D eigenvalue weighted by Gasteiger charge is 2.33. The molecule has 5 N–H and O–H groups in total. The summed E-state index contributed by atoms with van der Waals surface area (Å²) in [5.74, 6) is 0.262. The summed E-state index contributed by atoms with van der Waals surface area (Å²) < 4.78 is 5.81. The van der Waals surface area contributed by atoms with Gasteiger partial charge in [0.1, 0.15) is 6.04 Å². The molecule has 1 aliphatic carbocycles. The number of ether oxygens (including phenoxy) is 1. The van der Waals surface area contributed by atoms with Crippen molar-refractivity contribution in [1.82, 2.24) is 20.5 Å². The summed E-state index contributed by atoms with van der Waals surface area (Å²) >= 11 is 1.58. The molecule has 11 heteroatoms. The standard InChI is InChI=1S/C36H53N5O5S/c1-2-11-29(39-35(44)32(25-27-14-7-4-8-15-27)46-36(45)41-21-17-28(37)18-22-41)34(43)40-30(24-26-12-5-3-6-13-26)31(42)19-23-47-33-16-9-10-20-38-33/h4,7-10,14-16,20,26,28-32,42H,2-3,5-6,11-13,17-19,21-25,37H2,1H3,(H,39,44)(H,40,43)/t29-,30-,31-,32-/m0/s1. The van der Waals surface area contributed by atoms with Gasteiger partial charge in [0, 0.05) is 37.5 Å². The van der Waals surface area contributed by atoms with E-state index in [4.69, 9.17) is 10.5 Å². The number of aromatic nitrogens is 1. The zero-order chi connectivity index (χ0) is 33.4. The van der Waals surface area contributed by atoms with Crippen molar-refractivity contribution in [1.29, 1.82) is 0 Å². The topological polar surface area (TPSA) is 147 Å². The Labute approximate surface area is 284 Å². The summed E-state index contributed by atoms with van der Waals surface area (Å²) in [6.07, 6.45) is 8.89. The van der Waals surface area contributed by atoms with Gasteiger partial charge in [-0.15, -0.1) is 11.8 Å². The maximum Gasteiger partial charge on any atom is 0.410 e. The number of benzene rings is 1. The van der Waals surface area contributed by atoms with E-state index in [1.807, 2.05) is 55.5 Å². The molecular weight excluding hydrogens is 614 g/mol. The van der Waals surface area contributed by atoms with Crippen molar-refractivity contribution in [2.24, 2.45) is 11.7 Å². The SMILES string of the molecule is CCC[C@H](NC(=O)[C@H](Cc1ccccc1)OC(=O)N1CCC(N)CC1)C(=O)N[C@@H](CC1CCCCC1)[C@@H](O)CCSc1ccccn1. The minimum atomic E-state index is -1.11. The molecule has 10 nitrogen and oxygen atoms in total. The maximum atomic E-state index is 13.8. The molecule has 2 aliphatic rings. The predicted octanol–water partition coefficient (Wildman–Crippen LogP) is 4.84. The molecule has 0 bridgehead atoms. The predicted molar refractivity (Wildman–Crippen MR) is 185 cm³/mol. The Kier molecular flexibility index (Phi) is 15.3. The molecule has 1 saturated heterocycles. The van der Waals surface area contributed by atoms with E-state index in [2.05, 4.69) is 15.6 Å². The van der Waals surface area contributed by atoms with Crippen LogP contribution in [-0.4, -0.2) is 82.1 Å². The molecule has 1 saturated carbocycles. The number of nitrogens with two attached hydrogens (primary N) is 1. The molecule has 47 heavy (non-hydrogen) atoms. The average Bonchev–Trinajstić information content (AvgIpc) is 3.09. The smallest absolute Gasteiger partial charge is 0.410 e. The molecule has 258 valence electrons. The molecule has 4 rings (SSSR count). The van der Waals surface area contributed by atoms with Crippen LogP contribution in [0.15, 0.2) is 59.8 Å². The largest absolute Gasteiger partial charge is 0.436 e. The van der Waals surface area contributed by atoms with Gasteiger partial charge in [-0.3, -0.25) is 9.59 Å². The highest BCUT2D eigenvalue weighted by atomic mass is 32.2. The number of nitrogens with zero attached hydrogens (tertiary/aromatic N) is 2. The first kappa shape index (κ1) is 36.7. The first-order valence-electron chi connectivity index (χ1n) is 17.4. The van der Waals surface area contributed by atoms with Crippen LogP contribution in [0, 0.1) is 5.92 Å². The normalized spacial score (nSPS) is 18.5. The van der Waals surface area contributed by atoms with Gasteiger partial charge >= 0.3 is 6.09 Å². The minimum absolute atomic E-state index is 0.0517. The summed E-state index contributed by atoms with van der Waals surface area (Å²) in [7, 11) is 0. The number of likely N-dealkylation sites (tertiary alicyclic amines) is 1. The second kappa shape index (κ2) is 19.6. The highest BCUT2D eigenvalue weighted by molar-refractivity contribution is 7.99. The highest BCUT2D eigenvalue weighted by Crippen LogP contribution is 2.29. The Morgan fingerprint density at radius 1 is 0.979 bits per heavy atom. The van der Waals surface area contributed by atoms with Gasteiger partial charge in [0.15, 0.2) is 6.10 Å². The second-order valence-electron chi connectivity index (χ2n) is 13.0. The molecule has 0 radical (unpaired) electrons. The lowest BCUT2D eigenvalue weighted by atomic mass is 9.83. The minimum Gasteiger partial charge on any atom is -0.436 e. The number of aliphatic hydroxyl groups is 1. The lowest BCUT2D eigenvalue weighted by Gasteiger charge is -2.32. The summed E-state index contributed by atoms with van der Waals surface area (Å²) in [5.41, 5.74) is 6.86. The van der Waals surface area contributed by atoms with Crippen LogP contribution in [0.4, 0.5) is 4.79 Å². The Balaban J connectivity index is 1.42. The lowest BCUT2D eigenvalue weighted by Crippen LogP contribution is -2.55. The van der Waals surface area contributed by atoms with E-state index in [0.717, 1.165) is 36.3 Å². The molecule has 3 amide bonds. The molecule has 2 aromatic rings. The number of nitrogens with one attached hydrogen (secondary N) is 2. The number of carbonyl (C=O) groups excluding carboxylic acids is 3. The quantitative estimate of drug-likeness (QED) is 0.186. The molecule has 1 aromatic heterocycles.